The number of rotatable bonds is 2. The zero-order valence-electron chi connectivity index (χ0n) is 9.18. The number of likely N-dealkylation sites (N-methyl/N-ethyl adjacent to an activating group) is 1. The van der Waals surface area contributed by atoms with Crippen LogP contribution in [0.1, 0.15) is 12.0 Å². The number of aromatic hydroxyl groups is 2. The SMILES string of the molecule is CN1CCC(=O)C1Cc1ccc(O)c(O)c1. The third-order valence-electron chi connectivity index (χ3n) is 3.08. The lowest BCUT2D eigenvalue weighted by molar-refractivity contribution is -0.119. The number of ketones is 1. The number of hydrogen-bond acceptors (Lipinski definition) is 4. The quantitative estimate of drug-likeness (QED) is 0.729. The highest BCUT2D eigenvalue weighted by Crippen LogP contribution is 2.26. The van der Waals surface area contributed by atoms with Gasteiger partial charge in [0.15, 0.2) is 17.3 Å². The fourth-order valence-corrected chi connectivity index (χ4v) is 2.04. The molecular weight excluding hydrogens is 206 g/mol. The molecule has 1 aliphatic rings. The van der Waals surface area contributed by atoms with E-state index in [9.17, 15) is 15.0 Å². The van der Waals surface area contributed by atoms with Gasteiger partial charge in [-0.2, -0.15) is 0 Å². The van der Waals surface area contributed by atoms with Crippen LogP contribution in [0, 0.1) is 0 Å². The minimum Gasteiger partial charge on any atom is -0.504 e. The molecule has 1 saturated heterocycles. The van der Waals surface area contributed by atoms with E-state index in [-0.39, 0.29) is 23.3 Å². The van der Waals surface area contributed by atoms with Crippen molar-refractivity contribution in [3.8, 4) is 11.5 Å². The van der Waals surface area contributed by atoms with Gasteiger partial charge in [0.25, 0.3) is 0 Å². The monoisotopic (exact) mass is 221 g/mol. The maximum absolute atomic E-state index is 11.6. The van der Waals surface area contributed by atoms with Crippen LogP contribution in [-0.2, 0) is 11.2 Å². The standard InChI is InChI=1S/C12H15NO3/c1-13-5-4-10(14)9(13)6-8-2-3-11(15)12(16)7-8/h2-3,7,9,15-16H,4-6H2,1H3. The van der Waals surface area contributed by atoms with Gasteiger partial charge in [-0.15, -0.1) is 0 Å². The molecular formula is C12H15NO3. The Balaban J connectivity index is 2.14. The molecule has 0 saturated carbocycles. The summed E-state index contributed by atoms with van der Waals surface area (Å²) in [7, 11) is 1.93. The number of Topliss-reactive ketones (excluding diaryl/α,β-unsaturated/α-hetero) is 1. The minimum absolute atomic E-state index is 0.0936. The molecule has 1 aromatic carbocycles. The Morgan fingerprint density at radius 2 is 2.12 bits per heavy atom. The van der Waals surface area contributed by atoms with Crippen LogP contribution >= 0.6 is 0 Å². The molecule has 1 aliphatic heterocycles. The summed E-state index contributed by atoms with van der Waals surface area (Å²) in [5, 5.41) is 18.5. The van der Waals surface area contributed by atoms with Gasteiger partial charge in [-0.3, -0.25) is 9.69 Å². The fraction of sp³-hybridized carbons (Fsp3) is 0.417. The number of carbonyl (C=O) groups is 1. The molecule has 1 fully saturated rings. The predicted molar refractivity (Wildman–Crippen MR) is 59.5 cm³/mol. The van der Waals surface area contributed by atoms with Crippen molar-refractivity contribution in [1.82, 2.24) is 4.90 Å². The minimum atomic E-state index is -0.134. The second-order valence-corrected chi connectivity index (χ2v) is 4.24. The molecule has 4 heteroatoms. The molecule has 0 aliphatic carbocycles. The number of phenols is 2. The summed E-state index contributed by atoms with van der Waals surface area (Å²) in [4.78, 5) is 13.6. The molecule has 1 atom stereocenters. The predicted octanol–water partition coefficient (Wildman–Crippen LogP) is 0.913. The maximum Gasteiger partial charge on any atom is 0.157 e. The lowest BCUT2D eigenvalue weighted by Gasteiger charge is -2.17. The highest BCUT2D eigenvalue weighted by Gasteiger charge is 2.29. The van der Waals surface area contributed by atoms with Crippen molar-refractivity contribution >= 4 is 5.78 Å². The molecule has 86 valence electrons. The van der Waals surface area contributed by atoms with Crippen molar-refractivity contribution in [1.29, 1.82) is 0 Å². The van der Waals surface area contributed by atoms with Gasteiger partial charge in [0.05, 0.1) is 6.04 Å². The summed E-state index contributed by atoms with van der Waals surface area (Å²) in [6.45, 7) is 0.799. The van der Waals surface area contributed by atoms with Gasteiger partial charge in [-0.05, 0) is 31.2 Å². The Morgan fingerprint density at radius 3 is 2.69 bits per heavy atom. The van der Waals surface area contributed by atoms with E-state index in [1.54, 1.807) is 6.07 Å². The Bertz CT molecular complexity index is 417. The van der Waals surface area contributed by atoms with Gasteiger partial charge in [0, 0.05) is 13.0 Å². The van der Waals surface area contributed by atoms with Crippen molar-refractivity contribution in [3.05, 3.63) is 23.8 Å². The van der Waals surface area contributed by atoms with Crippen LogP contribution < -0.4 is 0 Å². The number of phenolic OH excluding ortho intramolecular Hbond substituents is 2. The molecule has 0 aromatic heterocycles. The van der Waals surface area contributed by atoms with E-state index in [1.807, 2.05) is 11.9 Å². The highest BCUT2D eigenvalue weighted by molar-refractivity contribution is 5.86. The molecule has 0 amide bonds. The molecule has 16 heavy (non-hydrogen) atoms. The first kappa shape index (κ1) is 11.0. The first-order chi connectivity index (χ1) is 7.58. The normalized spacial score (nSPS) is 21.6. The van der Waals surface area contributed by atoms with Crippen LogP contribution in [0.2, 0.25) is 0 Å². The third kappa shape index (κ3) is 2.02. The summed E-state index contributed by atoms with van der Waals surface area (Å²) in [6.07, 6.45) is 1.19. The smallest absolute Gasteiger partial charge is 0.157 e. The molecule has 1 aromatic rings. The Labute approximate surface area is 94.1 Å². The summed E-state index contributed by atoms with van der Waals surface area (Å²) < 4.78 is 0. The number of carbonyl (C=O) groups excluding carboxylic acids is 1. The van der Waals surface area contributed by atoms with Crippen molar-refractivity contribution in [2.75, 3.05) is 13.6 Å². The van der Waals surface area contributed by atoms with Crippen LogP contribution in [0.15, 0.2) is 18.2 Å². The average Bonchev–Trinajstić information content (AvgIpc) is 2.55. The second-order valence-electron chi connectivity index (χ2n) is 4.24. The van der Waals surface area contributed by atoms with E-state index in [0.29, 0.717) is 12.8 Å². The molecule has 0 spiro atoms. The summed E-state index contributed by atoms with van der Waals surface area (Å²) in [5.74, 6) is -0.0180. The number of hydrogen-bond donors (Lipinski definition) is 2. The number of benzene rings is 1. The first-order valence-corrected chi connectivity index (χ1v) is 5.32. The van der Waals surface area contributed by atoms with E-state index in [2.05, 4.69) is 0 Å². The molecule has 4 nitrogen and oxygen atoms in total. The van der Waals surface area contributed by atoms with Gasteiger partial charge < -0.3 is 10.2 Å². The van der Waals surface area contributed by atoms with Gasteiger partial charge in [0.2, 0.25) is 0 Å². The van der Waals surface area contributed by atoms with Crippen LogP contribution in [0.4, 0.5) is 0 Å². The third-order valence-corrected chi connectivity index (χ3v) is 3.08. The van der Waals surface area contributed by atoms with Crippen LogP contribution in [0.5, 0.6) is 11.5 Å². The zero-order chi connectivity index (χ0) is 11.7. The number of nitrogens with zero attached hydrogens (tertiary/aromatic N) is 1. The molecule has 0 radical (unpaired) electrons. The van der Waals surface area contributed by atoms with Crippen molar-refractivity contribution in [2.45, 2.75) is 18.9 Å². The Kier molecular flexibility index (Phi) is 2.83. The molecule has 2 N–H and O–H groups in total. The number of likely N-dealkylation sites (tertiary alicyclic amines) is 1. The molecule has 0 bridgehead atoms. The largest absolute Gasteiger partial charge is 0.504 e. The first-order valence-electron chi connectivity index (χ1n) is 5.32. The summed E-state index contributed by atoms with van der Waals surface area (Å²) in [5.41, 5.74) is 0.863. The van der Waals surface area contributed by atoms with E-state index < -0.39 is 0 Å². The summed E-state index contributed by atoms with van der Waals surface area (Å²) >= 11 is 0. The Morgan fingerprint density at radius 1 is 1.38 bits per heavy atom. The highest BCUT2D eigenvalue weighted by atomic mass is 16.3. The lowest BCUT2D eigenvalue weighted by Crippen LogP contribution is -2.31. The van der Waals surface area contributed by atoms with E-state index in [4.69, 9.17) is 0 Å². The van der Waals surface area contributed by atoms with Crippen molar-refractivity contribution in [3.63, 3.8) is 0 Å². The molecule has 1 heterocycles. The maximum atomic E-state index is 11.6. The topological polar surface area (TPSA) is 60.8 Å². The fourth-order valence-electron chi connectivity index (χ4n) is 2.04. The van der Waals surface area contributed by atoms with Crippen LogP contribution in [0.25, 0.3) is 0 Å². The molecule has 2 rings (SSSR count). The van der Waals surface area contributed by atoms with Crippen LogP contribution in [-0.4, -0.2) is 40.5 Å². The van der Waals surface area contributed by atoms with Gasteiger partial charge in [0.1, 0.15) is 0 Å². The zero-order valence-corrected chi connectivity index (χ0v) is 9.18. The van der Waals surface area contributed by atoms with Gasteiger partial charge >= 0.3 is 0 Å². The second kappa shape index (κ2) is 4.14. The van der Waals surface area contributed by atoms with E-state index in [0.717, 1.165) is 12.1 Å². The van der Waals surface area contributed by atoms with Gasteiger partial charge in [-0.1, -0.05) is 6.07 Å². The van der Waals surface area contributed by atoms with Crippen molar-refractivity contribution < 1.29 is 15.0 Å². The Hall–Kier alpha value is -1.55. The molecule has 1 unspecified atom stereocenters. The van der Waals surface area contributed by atoms with Gasteiger partial charge in [-0.25, -0.2) is 0 Å². The van der Waals surface area contributed by atoms with E-state index in [1.165, 1.54) is 12.1 Å². The van der Waals surface area contributed by atoms with Crippen molar-refractivity contribution in [2.24, 2.45) is 0 Å². The summed E-state index contributed by atoms with van der Waals surface area (Å²) in [6, 6.07) is 4.59. The lowest BCUT2D eigenvalue weighted by atomic mass is 10.0. The van der Waals surface area contributed by atoms with E-state index >= 15 is 0 Å². The van der Waals surface area contributed by atoms with Crippen LogP contribution in [0.3, 0.4) is 0 Å². The average molecular weight is 221 g/mol.